The van der Waals surface area contributed by atoms with Crippen LogP contribution in [0.1, 0.15) is 10.6 Å². The molecule has 0 saturated carbocycles. The summed E-state index contributed by atoms with van der Waals surface area (Å²) >= 11 is 0. The first-order valence-electron chi connectivity index (χ1n) is 5.64. The molecule has 0 spiro atoms. The molecule has 0 aliphatic carbocycles. The third kappa shape index (κ3) is 3.00. The van der Waals surface area contributed by atoms with Gasteiger partial charge in [0.15, 0.2) is 10.8 Å². The molecule has 9 nitrogen and oxygen atoms in total. The van der Waals surface area contributed by atoms with Gasteiger partial charge < -0.3 is 20.0 Å². The molecule has 1 aromatic heterocycles. The van der Waals surface area contributed by atoms with Gasteiger partial charge >= 0.3 is 0 Å². The first-order chi connectivity index (χ1) is 9.08. The Morgan fingerprint density at radius 2 is 2.00 bits per heavy atom. The van der Waals surface area contributed by atoms with E-state index in [9.17, 15) is 14.9 Å². The molecule has 1 aliphatic rings. The largest absolute Gasteiger partial charge is 0.459 e. The van der Waals surface area contributed by atoms with Crippen LogP contribution >= 0.6 is 0 Å². The van der Waals surface area contributed by atoms with E-state index in [-0.39, 0.29) is 17.6 Å². The molecule has 1 fully saturated rings. The van der Waals surface area contributed by atoms with Crippen LogP contribution in [-0.2, 0) is 0 Å². The minimum atomic E-state index is -0.838. The first kappa shape index (κ1) is 12.9. The highest BCUT2D eigenvalue weighted by Gasteiger charge is 2.25. The maximum Gasteiger partial charge on any atom is 0.289 e. The van der Waals surface area contributed by atoms with Gasteiger partial charge in [-0.1, -0.05) is 0 Å². The maximum atomic E-state index is 12.0. The fourth-order valence-corrected chi connectivity index (χ4v) is 1.84. The molecule has 2 N–H and O–H groups in total. The molecule has 2 heterocycles. The zero-order valence-corrected chi connectivity index (χ0v) is 10.1. The van der Waals surface area contributed by atoms with E-state index in [1.54, 1.807) is 21.9 Å². The topological polar surface area (TPSA) is 118 Å². The molecule has 0 aromatic carbocycles. The molecule has 0 atom stereocenters. The average molecular weight is 267 g/mol. The lowest BCUT2D eigenvalue weighted by molar-refractivity contribution is -0.485. The van der Waals surface area contributed by atoms with Crippen molar-refractivity contribution in [1.82, 2.24) is 9.80 Å². The minimum Gasteiger partial charge on any atom is -0.459 e. The molecule has 1 aromatic rings. The Bertz CT molecular complexity index is 490. The van der Waals surface area contributed by atoms with Crippen molar-refractivity contribution < 1.29 is 14.2 Å². The summed E-state index contributed by atoms with van der Waals surface area (Å²) in [6, 6.07) is 3.24. The van der Waals surface area contributed by atoms with E-state index in [1.165, 1.54) is 6.26 Å². The Kier molecular flexibility index (Phi) is 3.64. The molecule has 9 heteroatoms. The van der Waals surface area contributed by atoms with Gasteiger partial charge in [0, 0.05) is 26.2 Å². The molecule has 102 valence electrons. The van der Waals surface area contributed by atoms with Crippen LogP contribution in [0.4, 0.5) is 0 Å². The second-order valence-corrected chi connectivity index (χ2v) is 3.95. The van der Waals surface area contributed by atoms with Crippen molar-refractivity contribution in [2.24, 2.45) is 10.8 Å². The van der Waals surface area contributed by atoms with Gasteiger partial charge in [-0.05, 0) is 12.1 Å². The SMILES string of the molecule is N/C(=N/[N+](=O)[O-])N1CCN(C(=O)c2ccco2)CC1. The molecular weight excluding hydrogens is 254 g/mol. The molecule has 0 unspecified atom stereocenters. The summed E-state index contributed by atoms with van der Waals surface area (Å²) < 4.78 is 5.03. The minimum absolute atomic E-state index is 0.143. The fourth-order valence-electron chi connectivity index (χ4n) is 1.84. The van der Waals surface area contributed by atoms with E-state index >= 15 is 0 Å². The molecule has 1 saturated heterocycles. The lowest BCUT2D eigenvalue weighted by Gasteiger charge is -2.33. The smallest absolute Gasteiger partial charge is 0.289 e. The highest BCUT2D eigenvalue weighted by molar-refractivity contribution is 5.91. The van der Waals surface area contributed by atoms with Gasteiger partial charge in [0.2, 0.25) is 0 Å². The number of amides is 1. The van der Waals surface area contributed by atoms with Gasteiger partial charge in [-0.25, -0.2) is 10.1 Å². The van der Waals surface area contributed by atoms with E-state index < -0.39 is 5.03 Å². The number of hydrogen-bond donors (Lipinski definition) is 1. The number of nitro groups is 1. The Hall–Kier alpha value is -2.58. The fraction of sp³-hybridized carbons (Fsp3) is 0.400. The monoisotopic (exact) mass is 267 g/mol. The van der Waals surface area contributed by atoms with Gasteiger partial charge in [-0.3, -0.25) is 4.79 Å². The van der Waals surface area contributed by atoms with Crippen LogP contribution in [0.25, 0.3) is 0 Å². The lowest BCUT2D eigenvalue weighted by atomic mass is 10.3. The molecule has 0 radical (unpaired) electrons. The van der Waals surface area contributed by atoms with Gasteiger partial charge in [-0.2, -0.15) is 0 Å². The standard InChI is InChI=1S/C10H13N5O4/c11-10(12-15(17)18)14-5-3-13(4-6-14)9(16)8-2-1-7-19-8/h1-2,7H,3-6H2,(H2,11,12). The first-order valence-corrected chi connectivity index (χ1v) is 5.64. The summed E-state index contributed by atoms with van der Waals surface area (Å²) in [4.78, 5) is 25.3. The number of carbonyl (C=O) groups excluding carboxylic acids is 1. The summed E-state index contributed by atoms with van der Waals surface area (Å²) in [5, 5.41) is 12.4. The highest BCUT2D eigenvalue weighted by atomic mass is 16.7. The predicted molar refractivity (Wildman–Crippen MR) is 64.8 cm³/mol. The molecule has 19 heavy (non-hydrogen) atoms. The highest BCUT2D eigenvalue weighted by Crippen LogP contribution is 2.09. The van der Waals surface area contributed by atoms with E-state index in [4.69, 9.17) is 10.2 Å². The van der Waals surface area contributed by atoms with Crippen LogP contribution in [0.2, 0.25) is 0 Å². The maximum absolute atomic E-state index is 12.0. The van der Waals surface area contributed by atoms with Gasteiger partial charge in [0.05, 0.1) is 6.26 Å². The number of nitrogens with zero attached hydrogens (tertiary/aromatic N) is 4. The van der Waals surface area contributed by atoms with Crippen LogP contribution in [0.5, 0.6) is 0 Å². The van der Waals surface area contributed by atoms with Gasteiger partial charge in [-0.15, -0.1) is 0 Å². The van der Waals surface area contributed by atoms with E-state index in [1.807, 2.05) is 0 Å². The van der Waals surface area contributed by atoms with E-state index in [2.05, 4.69) is 5.10 Å². The van der Waals surface area contributed by atoms with Crippen molar-refractivity contribution in [3.63, 3.8) is 0 Å². The Morgan fingerprint density at radius 1 is 1.37 bits per heavy atom. The number of nitrogens with two attached hydrogens (primary N) is 1. The van der Waals surface area contributed by atoms with E-state index in [0.717, 1.165) is 0 Å². The quantitative estimate of drug-likeness (QED) is 0.335. The Balaban J connectivity index is 1.93. The van der Waals surface area contributed by atoms with Crippen LogP contribution < -0.4 is 5.73 Å². The third-order valence-electron chi connectivity index (χ3n) is 2.81. The summed E-state index contributed by atoms with van der Waals surface area (Å²) in [5.41, 5.74) is 5.48. The van der Waals surface area contributed by atoms with Gasteiger partial charge in [0.25, 0.3) is 11.9 Å². The van der Waals surface area contributed by atoms with E-state index in [0.29, 0.717) is 26.2 Å². The third-order valence-corrected chi connectivity index (χ3v) is 2.81. The molecule has 1 aliphatic heterocycles. The average Bonchev–Trinajstić information content (AvgIpc) is 2.91. The summed E-state index contributed by atoms with van der Waals surface area (Å²) in [5.74, 6) is -0.0649. The number of furan rings is 1. The van der Waals surface area contributed by atoms with Crippen molar-refractivity contribution in [2.75, 3.05) is 26.2 Å². The van der Waals surface area contributed by atoms with Crippen molar-refractivity contribution in [2.45, 2.75) is 0 Å². The second kappa shape index (κ2) is 5.38. The van der Waals surface area contributed by atoms with Crippen LogP contribution in [0, 0.1) is 10.1 Å². The number of piperazine rings is 1. The molecular formula is C10H13N5O4. The number of hydrogen-bond acceptors (Lipinski definition) is 4. The number of rotatable bonds is 2. The van der Waals surface area contributed by atoms with Crippen molar-refractivity contribution >= 4 is 11.9 Å². The zero-order valence-electron chi connectivity index (χ0n) is 10.1. The molecule has 0 bridgehead atoms. The van der Waals surface area contributed by atoms with Gasteiger partial charge in [0.1, 0.15) is 5.10 Å². The molecule has 2 rings (SSSR count). The lowest BCUT2D eigenvalue weighted by Crippen LogP contribution is -2.52. The number of guanidine groups is 1. The Labute approximate surface area is 108 Å². The van der Waals surface area contributed by atoms with Crippen molar-refractivity contribution in [3.8, 4) is 0 Å². The van der Waals surface area contributed by atoms with Crippen molar-refractivity contribution in [1.29, 1.82) is 0 Å². The molecule has 1 amide bonds. The van der Waals surface area contributed by atoms with Crippen LogP contribution in [-0.4, -0.2) is 52.9 Å². The Morgan fingerprint density at radius 3 is 2.53 bits per heavy atom. The van der Waals surface area contributed by atoms with Crippen LogP contribution in [0.15, 0.2) is 27.9 Å². The summed E-state index contributed by atoms with van der Waals surface area (Å²) in [7, 11) is 0. The second-order valence-electron chi connectivity index (χ2n) is 3.95. The van der Waals surface area contributed by atoms with Crippen molar-refractivity contribution in [3.05, 3.63) is 34.3 Å². The number of carbonyl (C=O) groups is 1. The summed E-state index contributed by atoms with van der Waals surface area (Å²) in [6.45, 7) is 1.62. The van der Waals surface area contributed by atoms with Crippen LogP contribution in [0.3, 0.4) is 0 Å². The predicted octanol–water partition coefficient (Wildman–Crippen LogP) is -0.456. The normalized spacial score (nSPS) is 16.5. The number of hydrazone groups is 1. The summed E-state index contributed by atoms with van der Waals surface area (Å²) in [6.07, 6.45) is 1.44. The zero-order chi connectivity index (χ0) is 13.8.